The number of carbonyl (C=O) groups excluding carboxylic acids is 1. The molecule has 1 fully saturated rings. The summed E-state index contributed by atoms with van der Waals surface area (Å²) in [7, 11) is -1.91. The van der Waals surface area contributed by atoms with Crippen molar-refractivity contribution < 1.29 is 45.3 Å². The van der Waals surface area contributed by atoms with Gasteiger partial charge in [0.2, 0.25) is 10.0 Å². The lowest BCUT2D eigenvalue weighted by Gasteiger charge is -2.30. The second-order valence-corrected chi connectivity index (χ2v) is 13.7. The van der Waals surface area contributed by atoms with E-state index >= 15 is 0 Å². The van der Waals surface area contributed by atoms with Crippen molar-refractivity contribution in [3.8, 4) is 28.4 Å². The second-order valence-electron chi connectivity index (χ2n) is 11.7. The van der Waals surface area contributed by atoms with Gasteiger partial charge in [0.05, 0.1) is 32.0 Å². The SMILES string of the molecule is COC(=O)CC1COc2cc(O[C@@H]3CCc4c3ccc(C(F)(F)F)c4-c3ccc(OC4CCN(S(C)(=O)=O)CC4)cc3)ccc21. The van der Waals surface area contributed by atoms with Gasteiger partial charge in [-0.25, -0.2) is 12.7 Å². The normalized spacial score (nSPS) is 20.3. The van der Waals surface area contributed by atoms with Crippen LogP contribution >= 0.6 is 0 Å². The number of hydrogen-bond acceptors (Lipinski definition) is 7. The van der Waals surface area contributed by atoms with Crippen LogP contribution in [0.1, 0.15) is 60.0 Å². The molecule has 3 aromatic rings. The van der Waals surface area contributed by atoms with Crippen molar-refractivity contribution in [2.75, 3.05) is 33.1 Å². The maximum Gasteiger partial charge on any atom is 0.417 e. The van der Waals surface area contributed by atoms with Crippen LogP contribution in [-0.4, -0.2) is 57.9 Å². The summed E-state index contributed by atoms with van der Waals surface area (Å²) >= 11 is 0. The minimum absolute atomic E-state index is 0.109. The molecule has 0 amide bonds. The Morgan fingerprint density at radius 3 is 2.31 bits per heavy atom. The van der Waals surface area contributed by atoms with Gasteiger partial charge in [0, 0.05) is 30.6 Å². The van der Waals surface area contributed by atoms with Gasteiger partial charge < -0.3 is 18.9 Å². The molecule has 1 saturated heterocycles. The van der Waals surface area contributed by atoms with Crippen LogP contribution in [0.3, 0.4) is 0 Å². The van der Waals surface area contributed by atoms with Gasteiger partial charge in [-0.2, -0.15) is 13.2 Å². The number of nitrogens with zero attached hydrogens (tertiary/aromatic N) is 1. The fourth-order valence-electron chi connectivity index (χ4n) is 6.48. The number of esters is 1. The number of piperidine rings is 1. The summed E-state index contributed by atoms with van der Waals surface area (Å²) in [5.74, 6) is 1.25. The highest BCUT2D eigenvalue weighted by Crippen LogP contribution is 2.47. The average Bonchev–Trinajstić information content (AvgIpc) is 3.60. The highest BCUT2D eigenvalue weighted by atomic mass is 32.2. The van der Waals surface area contributed by atoms with E-state index in [2.05, 4.69) is 0 Å². The Morgan fingerprint density at radius 2 is 1.64 bits per heavy atom. The van der Waals surface area contributed by atoms with Gasteiger partial charge in [-0.1, -0.05) is 24.3 Å². The van der Waals surface area contributed by atoms with Crippen molar-refractivity contribution in [2.45, 2.75) is 56.4 Å². The Hall–Kier alpha value is -3.77. The van der Waals surface area contributed by atoms with Crippen LogP contribution in [0, 0.1) is 0 Å². The predicted octanol–water partition coefficient (Wildman–Crippen LogP) is 6.28. The molecule has 1 unspecified atom stereocenters. The van der Waals surface area contributed by atoms with Crippen molar-refractivity contribution in [1.29, 1.82) is 0 Å². The van der Waals surface area contributed by atoms with Crippen molar-refractivity contribution >= 4 is 16.0 Å². The molecule has 2 atom stereocenters. The first-order chi connectivity index (χ1) is 21.4. The van der Waals surface area contributed by atoms with Gasteiger partial charge in [-0.05, 0) is 72.2 Å². The highest BCUT2D eigenvalue weighted by Gasteiger charge is 2.38. The molecule has 0 aromatic heterocycles. The average molecular weight is 646 g/mol. The van der Waals surface area contributed by atoms with Gasteiger partial charge in [0.15, 0.2) is 0 Å². The second kappa shape index (κ2) is 12.2. The first kappa shape index (κ1) is 31.2. The third-order valence-electron chi connectivity index (χ3n) is 8.76. The van der Waals surface area contributed by atoms with Crippen LogP contribution in [0.2, 0.25) is 0 Å². The molecule has 12 heteroatoms. The van der Waals surface area contributed by atoms with E-state index in [-0.39, 0.29) is 30.0 Å². The van der Waals surface area contributed by atoms with Crippen LogP contribution in [-0.2, 0) is 32.2 Å². The number of ether oxygens (including phenoxy) is 4. The summed E-state index contributed by atoms with van der Waals surface area (Å²) in [6, 6.07) is 14.7. The highest BCUT2D eigenvalue weighted by molar-refractivity contribution is 7.88. The van der Waals surface area contributed by atoms with Crippen molar-refractivity contribution in [3.63, 3.8) is 0 Å². The summed E-state index contributed by atoms with van der Waals surface area (Å²) in [4.78, 5) is 11.7. The summed E-state index contributed by atoms with van der Waals surface area (Å²) in [5, 5.41) is 0. The Morgan fingerprint density at radius 1 is 0.956 bits per heavy atom. The molecular weight excluding hydrogens is 611 g/mol. The van der Waals surface area contributed by atoms with E-state index < -0.39 is 27.9 Å². The lowest BCUT2D eigenvalue weighted by atomic mass is 9.91. The third-order valence-corrected chi connectivity index (χ3v) is 10.1. The molecule has 2 heterocycles. The molecule has 1 aliphatic carbocycles. The Balaban J connectivity index is 1.21. The van der Waals surface area contributed by atoms with Gasteiger partial charge in [0.25, 0.3) is 0 Å². The predicted molar refractivity (Wildman–Crippen MR) is 160 cm³/mol. The van der Waals surface area contributed by atoms with Gasteiger partial charge in [-0.3, -0.25) is 4.79 Å². The summed E-state index contributed by atoms with van der Waals surface area (Å²) < 4.78 is 90.7. The maximum atomic E-state index is 14.3. The molecule has 3 aliphatic rings. The molecule has 45 heavy (non-hydrogen) atoms. The van der Waals surface area contributed by atoms with Crippen LogP contribution in [0.15, 0.2) is 54.6 Å². The van der Waals surface area contributed by atoms with Gasteiger partial charge in [0.1, 0.15) is 29.5 Å². The van der Waals surface area contributed by atoms with E-state index in [4.69, 9.17) is 18.9 Å². The van der Waals surface area contributed by atoms with Crippen LogP contribution in [0.25, 0.3) is 11.1 Å². The maximum absolute atomic E-state index is 14.3. The lowest BCUT2D eigenvalue weighted by Crippen LogP contribution is -2.41. The standard InChI is InChI=1S/C33H34F3NO7S/c1-41-31(38)17-21-19-42-30-18-24(7-8-25(21)30)44-29-12-10-27-26(29)9-11-28(33(34,35)36)32(27)20-3-5-22(6-4-20)43-23-13-15-37(16-14-23)45(2,39)40/h3-9,11,18,21,23,29H,10,12-17,19H2,1-2H3/t21?,29-/m1/s1. The number of rotatable bonds is 8. The quantitative estimate of drug-likeness (QED) is 0.267. The number of halogens is 3. The minimum atomic E-state index is -4.55. The van der Waals surface area contributed by atoms with Crippen molar-refractivity contribution in [2.24, 2.45) is 0 Å². The Kier molecular flexibility index (Phi) is 8.47. The van der Waals surface area contributed by atoms with E-state index in [0.29, 0.717) is 79.3 Å². The molecule has 3 aromatic carbocycles. The molecule has 0 N–H and O–H groups in total. The van der Waals surface area contributed by atoms with E-state index in [1.165, 1.54) is 23.7 Å². The lowest BCUT2D eigenvalue weighted by molar-refractivity contribution is -0.141. The molecule has 8 nitrogen and oxygen atoms in total. The number of fused-ring (bicyclic) bond motifs is 2. The molecular formula is C33H34F3NO7S. The van der Waals surface area contributed by atoms with E-state index in [1.54, 1.807) is 36.4 Å². The summed E-state index contributed by atoms with van der Waals surface area (Å²) in [6.07, 6.45) is -1.78. The Labute approximate surface area is 260 Å². The van der Waals surface area contributed by atoms with Crippen LogP contribution < -0.4 is 14.2 Å². The first-order valence-corrected chi connectivity index (χ1v) is 16.7. The topological polar surface area (TPSA) is 91.4 Å². The zero-order valence-electron chi connectivity index (χ0n) is 24.9. The molecule has 0 radical (unpaired) electrons. The number of carbonyl (C=O) groups is 1. The van der Waals surface area contributed by atoms with Crippen LogP contribution in [0.5, 0.6) is 17.2 Å². The molecule has 6 rings (SSSR count). The number of methoxy groups -OCH3 is 1. The number of sulfonamides is 1. The largest absolute Gasteiger partial charge is 0.492 e. The molecule has 0 saturated carbocycles. The zero-order valence-corrected chi connectivity index (χ0v) is 25.7. The fraction of sp³-hybridized carbons (Fsp3) is 0.424. The van der Waals surface area contributed by atoms with Crippen LogP contribution in [0.4, 0.5) is 13.2 Å². The molecule has 0 spiro atoms. The van der Waals surface area contributed by atoms with Gasteiger partial charge >= 0.3 is 12.1 Å². The van der Waals surface area contributed by atoms with Gasteiger partial charge in [-0.15, -0.1) is 0 Å². The van der Waals surface area contributed by atoms with Crippen molar-refractivity contribution in [3.05, 3.63) is 76.9 Å². The minimum Gasteiger partial charge on any atom is -0.492 e. The number of hydrogen-bond donors (Lipinski definition) is 0. The fourth-order valence-corrected chi connectivity index (χ4v) is 7.35. The zero-order chi connectivity index (χ0) is 31.9. The monoisotopic (exact) mass is 645 g/mol. The smallest absolute Gasteiger partial charge is 0.417 e. The Bertz CT molecular complexity index is 1680. The van der Waals surface area contributed by atoms with E-state index in [9.17, 15) is 26.4 Å². The molecule has 2 aliphatic heterocycles. The third kappa shape index (κ3) is 6.62. The number of benzene rings is 3. The van der Waals surface area contributed by atoms with Crippen molar-refractivity contribution in [1.82, 2.24) is 4.31 Å². The van der Waals surface area contributed by atoms with E-state index in [1.807, 2.05) is 6.07 Å². The molecule has 0 bridgehead atoms. The summed E-state index contributed by atoms with van der Waals surface area (Å²) in [6.45, 7) is 1.09. The first-order valence-electron chi connectivity index (χ1n) is 14.9. The number of alkyl halides is 3. The van der Waals surface area contributed by atoms with E-state index in [0.717, 1.165) is 11.6 Å². The molecule has 240 valence electrons. The summed E-state index contributed by atoms with van der Waals surface area (Å²) in [5.41, 5.74) is 2.08.